The van der Waals surface area contributed by atoms with Gasteiger partial charge in [-0.25, -0.2) is 4.98 Å². The van der Waals surface area contributed by atoms with Crippen LogP contribution in [0.3, 0.4) is 0 Å². The molecule has 16 heavy (non-hydrogen) atoms. The van der Waals surface area contributed by atoms with Crippen molar-refractivity contribution in [1.82, 2.24) is 4.98 Å². The van der Waals surface area contributed by atoms with Crippen molar-refractivity contribution in [2.24, 2.45) is 0 Å². The van der Waals surface area contributed by atoms with Crippen LogP contribution in [0.1, 0.15) is 10.6 Å². The van der Waals surface area contributed by atoms with Gasteiger partial charge in [-0.2, -0.15) is 0 Å². The van der Waals surface area contributed by atoms with E-state index in [1.807, 2.05) is 36.7 Å². The standard InChI is InChI=1S/C12H12INOS/c1-9-12(16-8-14-9)6-7-15-11-4-2-10(13)3-5-11/h2-5,8H,6-7H2,1H3. The number of aryl methyl sites for hydroxylation is 1. The Kier molecular flexibility index (Phi) is 4.17. The van der Waals surface area contributed by atoms with E-state index in [4.69, 9.17) is 4.74 Å². The Morgan fingerprint density at radius 1 is 1.31 bits per heavy atom. The molecule has 0 saturated heterocycles. The molecule has 2 aromatic rings. The van der Waals surface area contributed by atoms with E-state index < -0.39 is 0 Å². The lowest BCUT2D eigenvalue weighted by Gasteiger charge is -2.05. The molecule has 1 aromatic carbocycles. The lowest BCUT2D eigenvalue weighted by molar-refractivity contribution is 0.322. The Bertz CT molecular complexity index is 452. The number of rotatable bonds is 4. The van der Waals surface area contributed by atoms with Crippen LogP contribution in [0.4, 0.5) is 0 Å². The van der Waals surface area contributed by atoms with Crippen LogP contribution in [0.2, 0.25) is 0 Å². The van der Waals surface area contributed by atoms with Gasteiger partial charge >= 0.3 is 0 Å². The number of hydrogen-bond acceptors (Lipinski definition) is 3. The highest BCUT2D eigenvalue weighted by Gasteiger charge is 2.01. The van der Waals surface area contributed by atoms with Crippen LogP contribution in [0.15, 0.2) is 29.8 Å². The molecule has 0 saturated carbocycles. The van der Waals surface area contributed by atoms with Gasteiger partial charge in [0.15, 0.2) is 0 Å². The molecule has 0 amide bonds. The third kappa shape index (κ3) is 3.18. The number of aromatic nitrogens is 1. The summed E-state index contributed by atoms with van der Waals surface area (Å²) < 4.78 is 6.89. The van der Waals surface area contributed by atoms with Gasteiger partial charge in [0.1, 0.15) is 5.75 Å². The predicted octanol–water partition coefficient (Wildman–Crippen LogP) is 3.68. The van der Waals surface area contributed by atoms with Crippen LogP contribution in [-0.2, 0) is 6.42 Å². The Balaban J connectivity index is 1.84. The van der Waals surface area contributed by atoms with Gasteiger partial charge in [-0.1, -0.05) is 0 Å². The van der Waals surface area contributed by atoms with Gasteiger partial charge in [-0.3, -0.25) is 0 Å². The van der Waals surface area contributed by atoms with Crippen molar-refractivity contribution in [1.29, 1.82) is 0 Å². The monoisotopic (exact) mass is 345 g/mol. The maximum Gasteiger partial charge on any atom is 0.119 e. The summed E-state index contributed by atoms with van der Waals surface area (Å²) in [5, 5.41) is 0. The zero-order valence-corrected chi connectivity index (χ0v) is 11.9. The molecule has 0 atom stereocenters. The summed E-state index contributed by atoms with van der Waals surface area (Å²) >= 11 is 3.98. The highest BCUT2D eigenvalue weighted by Crippen LogP contribution is 2.16. The number of thiazole rings is 1. The molecule has 0 radical (unpaired) electrons. The molecule has 0 aliphatic heterocycles. The summed E-state index contributed by atoms with van der Waals surface area (Å²) in [6, 6.07) is 8.10. The largest absolute Gasteiger partial charge is 0.493 e. The Morgan fingerprint density at radius 3 is 2.69 bits per heavy atom. The van der Waals surface area contributed by atoms with Crippen molar-refractivity contribution in [3.63, 3.8) is 0 Å². The fraction of sp³-hybridized carbons (Fsp3) is 0.250. The molecule has 0 fully saturated rings. The molecule has 0 aliphatic rings. The molecule has 2 nitrogen and oxygen atoms in total. The molecular formula is C12H12INOS. The average molecular weight is 345 g/mol. The Morgan fingerprint density at radius 2 is 2.06 bits per heavy atom. The quantitative estimate of drug-likeness (QED) is 0.789. The minimum atomic E-state index is 0.712. The summed E-state index contributed by atoms with van der Waals surface area (Å²) in [5.41, 5.74) is 3.01. The number of hydrogen-bond donors (Lipinski definition) is 0. The van der Waals surface area contributed by atoms with Crippen LogP contribution in [0.25, 0.3) is 0 Å². The molecule has 0 spiro atoms. The minimum absolute atomic E-state index is 0.712. The van der Waals surface area contributed by atoms with Gasteiger partial charge in [-0.15, -0.1) is 11.3 Å². The van der Waals surface area contributed by atoms with Crippen molar-refractivity contribution in [3.05, 3.63) is 43.9 Å². The topological polar surface area (TPSA) is 22.1 Å². The molecular weight excluding hydrogens is 333 g/mol. The van der Waals surface area contributed by atoms with E-state index in [0.717, 1.165) is 17.9 Å². The molecule has 2 rings (SSSR count). The second-order valence-electron chi connectivity index (χ2n) is 3.41. The molecule has 0 aliphatic carbocycles. The van der Waals surface area contributed by atoms with Gasteiger partial charge in [-0.05, 0) is 53.8 Å². The average Bonchev–Trinajstić information content (AvgIpc) is 2.68. The first kappa shape index (κ1) is 11.9. The second kappa shape index (κ2) is 5.63. The van der Waals surface area contributed by atoms with E-state index in [1.165, 1.54) is 8.45 Å². The van der Waals surface area contributed by atoms with E-state index in [1.54, 1.807) is 11.3 Å². The number of ether oxygens (including phenoxy) is 1. The molecule has 4 heteroatoms. The lowest BCUT2D eigenvalue weighted by Crippen LogP contribution is -2.01. The van der Waals surface area contributed by atoms with Gasteiger partial charge in [0, 0.05) is 14.9 Å². The summed E-state index contributed by atoms with van der Waals surface area (Å²) in [5.74, 6) is 0.933. The normalized spacial score (nSPS) is 10.4. The zero-order chi connectivity index (χ0) is 11.4. The summed E-state index contributed by atoms with van der Waals surface area (Å²) in [6.07, 6.45) is 0.933. The van der Waals surface area contributed by atoms with Crippen molar-refractivity contribution in [3.8, 4) is 5.75 Å². The molecule has 0 N–H and O–H groups in total. The first-order chi connectivity index (χ1) is 7.75. The van der Waals surface area contributed by atoms with Crippen LogP contribution in [0.5, 0.6) is 5.75 Å². The molecule has 1 aromatic heterocycles. The third-order valence-corrected chi connectivity index (χ3v) is 3.97. The van der Waals surface area contributed by atoms with E-state index in [0.29, 0.717) is 6.61 Å². The van der Waals surface area contributed by atoms with Crippen LogP contribution in [-0.4, -0.2) is 11.6 Å². The SMILES string of the molecule is Cc1ncsc1CCOc1ccc(I)cc1. The Labute approximate surface area is 113 Å². The van der Waals surface area contributed by atoms with Gasteiger partial charge in [0.05, 0.1) is 17.8 Å². The van der Waals surface area contributed by atoms with Crippen molar-refractivity contribution in [2.45, 2.75) is 13.3 Å². The summed E-state index contributed by atoms with van der Waals surface area (Å²) in [4.78, 5) is 5.53. The van der Waals surface area contributed by atoms with Crippen molar-refractivity contribution >= 4 is 33.9 Å². The maximum absolute atomic E-state index is 5.66. The zero-order valence-electron chi connectivity index (χ0n) is 8.94. The molecule has 84 valence electrons. The van der Waals surface area contributed by atoms with Gasteiger partial charge < -0.3 is 4.74 Å². The fourth-order valence-corrected chi connectivity index (χ4v) is 2.48. The molecule has 0 unspecified atom stereocenters. The molecule has 1 heterocycles. The highest BCUT2D eigenvalue weighted by atomic mass is 127. The van der Waals surface area contributed by atoms with Gasteiger partial charge in [0.2, 0.25) is 0 Å². The minimum Gasteiger partial charge on any atom is -0.493 e. The number of nitrogens with zero attached hydrogens (tertiary/aromatic N) is 1. The number of benzene rings is 1. The second-order valence-corrected chi connectivity index (χ2v) is 5.60. The highest BCUT2D eigenvalue weighted by molar-refractivity contribution is 14.1. The van der Waals surface area contributed by atoms with E-state index >= 15 is 0 Å². The lowest BCUT2D eigenvalue weighted by atomic mass is 10.3. The number of halogens is 1. The smallest absolute Gasteiger partial charge is 0.119 e. The van der Waals surface area contributed by atoms with E-state index in [-0.39, 0.29) is 0 Å². The van der Waals surface area contributed by atoms with Crippen molar-refractivity contribution < 1.29 is 4.74 Å². The van der Waals surface area contributed by atoms with Crippen LogP contribution in [0, 0.1) is 10.5 Å². The first-order valence-corrected chi connectivity index (χ1v) is 6.99. The maximum atomic E-state index is 5.66. The summed E-state index contributed by atoms with van der Waals surface area (Å²) in [7, 11) is 0. The third-order valence-electron chi connectivity index (χ3n) is 2.26. The predicted molar refractivity (Wildman–Crippen MR) is 75.2 cm³/mol. The van der Waals surface area contributed by atoms with Gasteiger partial charge in [0.25, 0.3) is 0 Å². The fourth-order valence-electron chi connectivity index (χ4n) is 1.36. The van der Waals surface area contributed by atoms with E-state index in [9.17, 15) is 0 Å². The van der Waals surface area contributed by atoms with Crippen LogP contribution >= 0.6 is 33.9 Å². The summed E-state index contributed by atoms with van der Waals surface area (Å²) in [6.45, 7) is 2.75. The van der Waals surface area contributed by atoms with Crippen molar-refractivity contribution in [2.75, 3.05) is 6.61 Å². The Hall–Kier alpha value is -0.620. The molecule has 0 bridgehead atoms. The van der Waals surface area contributed by atoms with E-state index in [2.05, 4.69) is 27.6 Å². The van der Waals surface area contributed by atoms with Crippen LogP contribution < -0.4 is 4.74 Å². The first-order valence-electron chi connectivity index (χ1n) is 5.03.